The number of aromatic nitrogens is 1. The zero-order chi connectivity index (χ0) is 34.8. The van der Waals surface area contributed by atoms with Crippen molar-refractivity contribution in [1.82, 2.24) is 9.88 Å². The summed E-state index contributed by atoms with van der Waals surface area (Å²) in [4.78, 5) is 40.7. The van der Waals surface area contributed by atoms with Crippen LogP contribution in [-0.2, 0) is 29.0 Å². The topological polar surface area (TPSA) is 75.2 Å². The molecule has 1 saturated heterocycles. The summed E-state index contributed by atoms with van der Waals surface area (Å²) in [6.45, 7) is 11.1. The molecule has 7 rings (SSSR count). The van der Waals surface area contributed by atoms with Gasteiger partial charge in [-0.05, 0) is 47.7 Å². The highest BCUT2D eigenvalue weighted by molar-refractivity contribution is 8.03. The second kappa shape index (κ2) is 14.9. The van der Waals surface area contributed by atoms with E-state index in [4.69, 9.17) is 14.5 Å². The van der Waals surface area contributed by atoms with Gasteiger partial charge in [0, 0.05) is 63.4 Å². The number of hydrogen-bond acceptors (Lipinski definition) is 10. The fourth-order valence-electron chi connectivity index (χ4n) is 6.70. The maximum Gasteiger partial charge on any atom is 0.357 e. The molecule has 0 amide bonds. The molecule has 0 bridgehead atoms. The molecule has 3 aromatic carbocycles. The number of allylic oxidation sites excluding steroid dienone is 1. The lowest BCUT2D eigenvalue weighted by Crippen LogP contribution is -2.40. The molecule has 260 valence electrons. The summed E-state index contributed by atoms with van der Waals surface area (Å²) in [5.41, 5.74) is 5.64. The Kier molecular flexibility index (Phi) is 10.3. The first-order valence-electron chi connectivity index (χ1n) is 17.3. The summed E-state index contributed by atoms with van der Waals surface area (Å²) in [6.07, 6.45) is 3.65. The molecule has 0 radical (unpaired) electrons. The summed E-state index contributed by atoms with van der Waals surface area (Å²) in [5, 5.41) is 1.66. The highest BCUT2D eigenvalue weighted by atomic mass is 32.2. The van der Waals surface area contributed by atoms with Crippen molar-refractivity contribution >= 4 is 53.7 Å². The lowest BCUT2D eigenvalue weighted by atomic mass is 9.93. The first kappa shape index (κ1) is 34.7. The molecule has 0 N–H and O–H groups in total. The van der Waals surface area contributed by atoms with Crippen LogP contribution in [0.5, 0.6) is 0 Å². The van der Waals surface area contributed by atoms with E-state index in [0.717, 1.165) is 63.2 Å². The van der Waals surface area contributed by atoms with E-state index in [1.54, 1.807) is 29.2 Å². The number of para-hydroxylation sites is 1. The molecule has 3 aliphatic rings. The van der Waals surface area contributed by atoms with E-state index in [0.29, 0.717) is 43.7 Å². The number of thiazole rings is 1. The van der Waals surface area contributed by atoms with Crippen LogP contribution >= 0.6 is 23.1 Å². The standard InChI is InChI=1S/C39H44N4O4S2Si/c1-46-38(45)37-35(25-41-20-18-31(41)28-11-6-5-7-12-28)49-39(40-37)42-19-17-27-13-10-14-29(30(27)24-42)33(44)23-36-43(26-47-21-22-50(2,3)4)32-15-8-9-16-34(32)48-36/h5-16,23,31H,17-22,24-26H2,1-4H3/b36-23+. The minimum atomic E-state index is -1.22. The smallest absolute Gasteiger partial charge is 0.357 e. The summed E-state index contributed by atoms with van der Waals surface area (Å²) in [5.74, 6) is -0.436. The molecule has 50 heavy (non-hydrogen) atoms. The van der Waals surface area contributed by atoms with Gasteiger partial charge in [0.1, 0.15) is 6.73 Å². The molecule has 1 fully saturated rings. The average Bonchev–Trinajstić information content (AvgIpc) is 3.69. The van der Waals surface area contributed by atoms with Gasteiger partial charge in [0.15, 0.2) is 16.6 Å². The largest absolute Gasteiger partial charge is 0.464 e. The lowest BCUT2D eigenvalue weighted by molar-refractivity contribution is 0.0582. The number of ether oxygens (including phenoxy) is 2. The number of nitrogens with zero attached hydrogens (tertiary/aromatic N) is 4. The molecule has 0 spiro atoms. The van der Waals surface area contributed by atoms with E-state index < -0.39 is 14.0 Å². The van der Waals surface area contributed by atoms with E-state index in [2.05, 4.69) is 76.8 Å². The van der Waals surface area contributed by atoms with Gasteiger partial charge in [-0.15, -0.1) is 0 Å². The van der Waals surface area contributed by atoms with E-state index in [9.17, 15) is 9.59 Å². The van der Waals surface area contributed by atoms with Crippen LogP contribution in [0.15, 0.2) is 88.8 Å². The van der Waals surface area contributed by atoms with Crippen molar-refractivity contribution in [3.63, 3.8) is 0 Å². The number of esters is 1. The predicted molar refractivity (Wildman–Crippen MR) is 205 cm³/mol. The van der Waals surface area contributed by atoms with Crippen LogP contribution < -0.4 is 9.80 Å². The van der Waals surface area contributed by atoms with Crippen molar-refractivity contribution in [3.8, 4) is 0 Å². The van der Waals surface area contributed by atoms with Crippen molar-refractivity contribution < 1.29 is 19.1 Å². The maximum absolute atomic E-state index is 14.1. The second-order valence-corrected chi connectivity index (χ2v) is 22.0. The second-order valence-electron chi connectivity index (χ2n) is 14.3. The van der Waals surface area contributed by atoms with Crippen LogP contribution in [0, 0.1) is 0 Å². The van der Waals surface area contributed by atoms with Crippen LogP contribution in [0.4, 0.5) is 10.8 Å². The minimum Gasteiger partial charge on any atom is -0.464 e. The summed E-state index contributed by atoms with van der Waals surface area (Å²) in [6, 6.07) is 26.2. The Hall–Kier alpha value is -3.74. The van der Waals surface area contributed by atoms with Crippen molar-refractivity contribution in [2.45, 2.75) is 62.6 Å². The van der Waals surface area contributed by atoms with Gasteiger partial charge in [0.25, 0.3) is 0 Å². The number of carbonyl (C=O) groups is 2. The van der Waals surface area contributed by atoms with Crippen LogP contribution in [0.1, 0.15) is 54.9 Å². The third-order valence-electron chi connectivity index (χ3n) is 9.64. The monoisotopic (exact) mass is 724 g/mol. The van der Waals surface area contributed by atoms with Crippen LogP contribution in [0.3, 0.4) is 0 Å². The molecule has 4 aromatic rings. The van der Waals surface area contributed by atoms with Crippen molar-refractivity contribution in [1.29, 1.82) is 0 Å². The van der Waals surface area contributed by atoms with Crippen molar-refractivity contribution in [2.24, 2.45) is 0 Å². The van der Waals surface area contributed by atoms with Gasteiger partial charge >= 0.3 is 5.97 Å². The van der Waals surface area contributed by atoms with E-state index >= 15 is 0 Å². The average molecular weight is 725 g/mol. The summed E-state index contributed by atoms with van der Waals surface area (Å²) < 4.78 is 11.3. The Bertz CT molecular complexity index is 1910. The van der Waals surface area contributed by atoms with Crippen LogP contribution in [0.25, 0.3) is 0 Å². The van der Waals surface area contributed by atoms with Gasteiger partial charge in [-0.1, -0.05) is 103 Å². The van der Waals surface area contributed by atoms with Crippen LogP contribution in [-0.4, -0.2) is 63.2 Å². The molecule has 0 aliphatic carbocycles. The van der Waals surface area contributed by atoms with E-state index in [1.807, 2.05) is 30.3 Å². The number of benzene rings is 3. The molecular weight excluding hydrogens is 681 g/mol. The molecule has 1 aromatic heterocycles. The number of thioether (sulfide) groups is 1. The quantitative estimate of drug-likeness (QED) is 0.0471. The van der Waals surface area contributed by atoms with Crippen LogP contribution in [0.2, 0.25) is 25.7 Å². The van der Waals surface area contributed by atoms with E-state index in [1.165, 1.54) is 18.2 Å². The highest BCUT2D eigenvalue weighted by Gasteiger charge is 2.33. The molecule has 8 nitrogen and oxygen atoms in total. The van der Waals surface area contributed by atoms with Gasteiger partial charge in [-0.3, -0.25) is 9.69 Å². The van der Waals surface area contributed by atoms with Gasteiger partial charge < -0.3 is 19.3 Å². The third-order valence-corrected chi connectivity index (χ3v) is 13.6. The Morgan fingerprint density at radius 3 is 2.56 bits per heavy atom. The number of likely N-dealkylation sites (tertiary alicyclic amines) is 1. The number of carbonyl (C=O) groups excluding carboxylic acids is 2. The molecular formula is C39H44N4O4S2Si. The predicted octanol–water partition coefficient (Wildman–Crippen LogP) is 8.39. The Labute approximate surface area is 304 Å². The third kappa shape index (κ3) is 7.47. The SMILES string of the molecule is COC(=O)c1nc(N2CCc3cccc(C(=O)/C=C4/Sc5ccccc5N4COCC[Si](C)(C)C)c3C2)sc1CN1CCC1c1ccccc1. The van der Waals surface area contributed by atoms with Gasteiger partial charge in [0.2, 0.25) is 0 Å². The number of hydrogen-bond donors (Lipinski definition) is 0. The first-order valence-corrected chi connectivity index (χ1v) is 22.6. The minimum absolute atomic E-state index is 0.0223. The zero-order valence-corrected chi connectivity index (χ0v) is 31.8. The Morgan fingerprint density at radius 2 is 1.80 bits per heavy atom. The van der Waals surface area contributed by atoms with Gasteiger partial charge in [0.05, 0.1) is 22.7 Å². The fraction of sp³-hybridized carbons (Fsp3) is 0.359. The molecule has 1 unspecified atom stereocenters. The number of anilines is 2. The van der Waals surface area contributed by atoms with Gasteiger partial charge in [-0.2, -0.15) is 0 Å². The number of rotatable bonds is 12. The van der Waals surface area contributed by atoms with Gasteiger partial charge in [-0.25, -0.2) is 9.78 Å². The highest BCUT2D eigenvalue weighted by Crippen LogP contribution is 2.46. The first-order chi connectivity index (χ1) is 24.2. The molecule has 4 heterocycles. The Morgan fingerprint density at radius 1 is 1.00 bits per heavy atom. The number of methoxy groups -OCH3 is 1. The maximum atomic E-state index is 14.1. The molecule has 11 heteroatoms. The Balaban J connectivity index is 1.11. The lowest BCUT2D eigenvalue weighted by Gasteiger charge is -2.41. The zero-order valence-electron chi connectivity index (χ0n) is 29.2. The van der Waals surface area contributed by atoms with E-state index in [-0.39, 0.29) is 5.78 Å². The van der Waals surface area contributed by atoms with Crippen molar-refractivity contribution in [3.05, 3.63) is 117 Å². The molecule has 0 saturated carbocycles. The van der Waals surface area contributed by atoms with Crippen molar-refractivity contribution in [2.75, 3.05) is 43.3 Å². The number of fused-ring (bicyclic) bond motifs is 2. The molecule has 3 aliphatic heterocycles. The summed E-state index contributed by atoms with van der Waals surface area (Å²) in [7, 11) is 0.190. The normalized spacial score (nSPS) is 18.2. The summed E-state index contributed by atoms with van der Waals surface area (Å²) >= 11 is 3.17. The fourth-order valence-corrected chi connectivity index (χ4v) is 9.63. The molecule has 1 atom stereocenters. The number of ketones is 1.